The normalized spacial score (nSPS) is 14.2. The van der Waals surface area contributed by atoms with Gasteiger partial charge in [-0.05, 0) is 31.2 Å². The minimum absolute atomic E-state index is 0.0796. The maximum absolute atomic E-state index is 12.1. The third kappa shape index (κ3) is 5.20. The van der Waals surface area contributed by atoms with Gasteiger partial charge < -0.3 is 19.3 Å². The molecule has 0 N–H and O–H groups in total. The second-order valence-corrected chi connectivity index (χ2v) is 5.72. The Bertz CT molecular complexity index is 606. The van der Waals surface area contributed by atoms with Crippen molar-refractivity contribution in [3.05, 3.63) is 29.8 Å². The lowest BCUT2D eigenvalue weighted by Gasteiger charge is -2.35. The molecule has 0 aromatic heterocycles. The Morgan fingerprint density at radius 1 is 1.00 bits per heavy atom. The SMILES string of the molecule is CCOC(=O)N1CCN(c2ccc(C(=O)CCC(=O)OC)cc2)CC1. The predicted molar refractivity (Wildman–Crippen MR) is 92.8 cm³/mol. The van der Waals surface area contributed by atoms with Crippen LogP contribution in [-0.4, -0.2) is 62.6 Å². The van der Waals surface area contributed by atoms with Crippen LogP contribution < -0.4 is 4.90 Å². The summed E-state index contributed by atoms with van der Waals surface area (Å²) in [7, 11) is 1.31. The molecule has 25 heavy (non-hydrogen) atoms. The van der Waals surface area contributed by atoms with Crippen LogP contribution in [-0.2, 0) is 14.3 Å². The molecule has 0 radical (unpaired) electrons. The van der Waals surface area contributed by atoms with Gasteiger partial charge in [0.25, 0.3) is 0 Å². The fraction of sp³-hybridized carbons (Fsp3) is 0.500. The fourth-order valence-corrected chi connectivity index (χ4v) is 2.68. The molecule has 136 valence electrons. The second kappa shape index (κ2) is 9.05. The number of hydrogen-bond donors (Lipinski definition) is 0. The van der Waals surface area contributed by atoms with Crippen LogP contribution in [0.3, 0.4) is 0 Å². The third-order valence-electron chi connectivity index (χ3n) is 4.14. The highest BCUT2D eigenvalue weighted by Gasteiger charge is 2.22. The minimum Gasteiger partial charge on any atom is -0.469 e. The highest BCUT2D eigenvalue weighted by Crippen LogP contribution is 2.18. The first kappa shape index (κ1) is 18.8. The van der Waals surface area contributed by atoms with Crippen molar-refractivity contribution in [2.24, 2.45) is 0 Å². The molecule has 2 rings (SSSR count). The zero-order valence-corrected chi connectivity index (χ0v) is 14.7. The molecule has 1 aromatic rings. The van der Waals surface area contributed by atoms with Gasteiger partial charge in [0, 0.05) is 43.9 Å². The van der Waals surface area contributed by atoms with Crippen LogP contribution in [0.5, 0.6) is 0 Å². The number of hydrogen-bond acceptors (Lipinski definition) is 6. The Morgan fingerprint density at radius 2 is 1.64 bits per heavy atom. The van der Waals surface area contributed by atoms with E-state index < -0.39 is 0 Å². The predicted octanol–water partition coefficient (Wildman–Crippen LogP) is 2.10. The number of nitrogens with zero attached hydrogens (tertiary/aromatic N) is 2. The molecule has 7 heteroatoms. The summed E-state index contributed by atoms with van der Waals surface area (Å²) in [5, 5.41) is 0. The molecule has 1 amide bonds. The summed E-state index contributed by atoms with van der Waals surface area (Å²) in [5.74, 6) is -0.464. The van der Waals surface area contributed by atoms with Crippen LogP contribution in [0.2, 0.25) is 0 Å². The Morgan fingerprint density at radius 3 is 2.20 bits per heavy atom. The summed E-state index contributed by atoms with van der Waals surface area (Å²) in [6.07, 6.45) is -0.0364. The molecular formula is C18H24N2O5. The fourth-order valence-electron chi connectivity index (χ4n) is 2.68. The molecule has 0 bridgehead atoms. The monoisotopic (exact) mass is 348 g/mol. The molecule has 0 saturated carbocycles. The van der Waals surface area contributed by atoms with E-state index in [-0.39, 0.29) is 30.7 Å². The number of rotatable bonds is 6. The van der Waals surface area contributed by atoms with E-state index in [1.165, 1.54) is 7.11 Å². The lowest BCUT2D eigenvalue weighted by atomic mass is 10.1. The quantitative estimate of drug-likeness (QED) is 0.579. The van der Waals surface area contributed by atoms with Crippen molar-refractivity contribution >= 4 is 23.5 Å². The molecule has 1 aliphatic heterocycles. The number of ketones is 1. The Labute approximate surface area is 147 Å². The van der Waals surface area contributed by atoms with Gasteiger partial charge in [-0.2, -0.15) is 0 Å². The molecule has 1 aromatic carbocycles. The number of piperazine rings is 1. The molecule has 0 spiro atoms. The highest BCUT2D eigenvalue weighted by atomic mass is 16.6. The van der Waals surface area contributed by atoms with Gasteiger partial charge in [-0.1, -0.05) is 0 Å². The van der Waals surface area contributed by atoms with Crippen LogP contribution in [0.15, 0.2) is 24.3 Å². The molecular weight excluding hydrogens is 324 g/mol. The summed E-state index contributed by atoms with van der Waals surface area (Å²) >= 11 is 0. The number of Topliss-reactive ketones (excluding diaryl/α,β-unsaturated/α-hetero) is 1. The first-order chi connectivity index (χ1) is 12.0. The number of methoxy groups -OCH3 is 1. The highest BCUT2D eigenvalue weighted by molar-refractivity contribution is 5.97. The number of benzene rings is 1. The maximum atomic E-state index is 12.1. The zero-order valence-electron chi connectivity index (χ0n) is 14.7. The molecule has 1 heterocycles. The Balaban J connectivity index is 1.87. The zero-order chi connectivity index (χ0) is 18.2. The van der Waals surface area contributed by atoms with Crippen LogP contribution in [0.1, 0.15) is 30.1 Å². The summed E-state index contributed by atoms with van der Waals surface area (Å²) < 4.78 is 9.55. The van der Waals surface area contributed by atoms with E-state index in [0.29, 0.717) is 38.3 Å². The Kier molecular flexibility index (Phi) is 6.80. The maximum Gasteiger partial charge on any atom is 0.409 e. The van der Waals surface area contributed by atoms with Crippen molar-refractivity contribution < 1.29 is 23.9 Å². The van der Waals surface area contributed by atoms with Crippen LogP contribution >= 0.6 is 0 Å². The minimum atomic E-state index is -0.385. The third-order valence-corrected chi connectivity index (χ3v) is 4.14. The molecule has 7 nitrogen and oxygen atoms in total. The van der Waals surface area contributed by atoms with E-state index >= 15 is 0 Å². The van der Waals surface area contributed by atoms with Gasteiger partial charge >= 0.3 is 12.1 Å². The van der Waals surface area contributed by atoms with Gasteiger partial charge in [-0.3, -0.25) is 9.59 Å². The van der Waals surface area contributed by atoms with Crippen LogP contribution in [0, 0.1) is 0 Å². The van der Waals surface area contributed by atoms with Gasteiger partial charge in [0.15, 0.2) is 5.78 Å². The largest absolute Gasteiger partial charge is 0.469 e. The van der Waals surface area contributed by atoms with Gasteiger partial charge in [0.05, 0.1) is 20.1 Å². The van der Waals surface area contributed by atoms with Crippen molar-refractivity contribution in [2.45, 2.75) is 19.8 Å². The van der Waals surface area contributed by atoms with E-state index in [1.807, 2.05) is 12.1 Å². The van der Waals surface area contributed by atoms with Crippen molar-refractivity contribution in [3.63, 3.8) is 0 Å². The molecule has 0 atom stereocenters. The van der Waals surface area contributed by atoms with Crippen molar-refractivity contribution in [2.75, 3.05) is 44.8 Å². The molecule has 1 saturated heterocycles. The first-order valence-electron chi connectivity index (χ1n) is 8.42. The van der Waals surface area contributed by atoms with Gasteiger partial charge in [0.2, 0.25) is 0 Å². The second-order valence-electron chi connectivity index (χ2n) is 5.72. The number of amides is 1. The molecule has 1 aliphatic rings. The smallest absolute Gasteiger partial charge is 0.409 e. The number of esters is 1. The number of anilines is 1. The van der Waals surface area contributed by atoms with E-state index in [4.69, 9.17) is 4.74 Å². The lowest BCUT2D eigenvalue weighted by Crippen LogP contribution is -2.49. The summed E-state index contributed by atoms with van der Waals surface area (Å²) in [4.78, 5) is 38.7. The van der Waals surface area contributed by atoms with Gasteiger partial charge in [-0.25, -0.2) is 4.79 Å². The van der Waals surface area contributed by atoms with E-state index in [0.717, 1.165) is 5.69 Å². The van der Waals surface area contributed by atoms with Gasteiger partial charge in [0.1, 0.15) is 0 Å². The van der Waals surface area contributed by atoms with Crippen molar-refractivity contribution in [1.82, 2.24) is 4.90 Å². The average molecular weight is 348 g/mol. The van der Waals surface area contributed by atoms with Gasteiger partial charge in [-0.15, -0.1) is 0 Å². The number of ether oxygens (including phenoxy) is 2. The molecule has 0 unspecified atom stereocenters. The topological polar surface area (TPSA) is 76.2 Å². The van der Waals surface area contributed by atoms with E-state index in [1.54, 1.807) is 24.0 Å². The number of carbonyl (C=O) groups is 3. The number of carbonyl (C=O) groups excluding carboxylic acids is 3. The molecule has 0 aliphatic carbocycles. The lowest BCUT2D eigenvalue weighted by molar-refractivity contribution is -0.140. The van der Waals surface area contributed by atoms with E-state index in [2.05, 4.69) is 9.64 Å². The van der Waals surface area contributed by atoms with Crippen molar-refractivity contribution in [3.8, 4) is 0 Å². The van der Waals surface area contributed by atoms with Crippen LogP contribution in [0.4, 0.5) is 10.5 Å². The average Bonchev–Trinajstić information content (AvgIpc) is 2.66. The first-order valence-corrected chi connectivity index (χ1v) is 8.42. The standard InChI is InChI=1S/C18H24N2O5/c1-3-25-18(23)20-12-10-19(11-13-20)15-6-4-14(5-7-15)16(21)8-9-17(22)24-2/h4-7H,3,8-13H2,1-2H3. The summed E-state index contributed by atoms with van der Waals surface area (Å²) in [6, 6.07) is 7.33. The molecule has 1 fully saturated rings. The summed E-state index contributed by atoms with van der Waals surface area (Å²) in [6.45, 7) is 4.83. The Hall–Kier alpha value is -2.57. The van der Waals surface area contributed by atoms with E-state index in [9.17, 15) is 14.4 Å². The van der Waals surface area contributed by atoms with Crippen molar-refractivity contribution in [1.29, 1.82) is 0 Å². The summed E-state index contributed by atoms with van der Waals surface area (Å²) in [5.41, 5.74) is 1.59. The van der Waals surface area contributed by atoms with Crippen LogP contribution in [0.25, 0.3) is 0 Å².